The molecule has 1 aromatic rings. The molecule has 0 saturated carbocycles. The molecule has 0 unspecified atom stereocenters. The molecule has 3 N–H and O–H groups in total. The Balaban J connectivity index is 3.10. The molecule has 0 bridgehead atoms. The van der Waals surface area contributed by atoms with E-state index in [1.54, 1.807) is 20.8 Å². The molecular formula is C7H13N3O2S2. The second-order valence-electron chi connectivity index (χ2n) is 3.20. The van der Waals surface area contributed by atoms with Gasteiger partial charge in [-0.1, -0.05) is 11.3 Å². The van der Waals surface area contributed by atoms with Crippen LogP contribution in [-0.4, -0.2) is 19.4 Å². The van der Waals surface area contributed by atoms with Gasteiger partial charge in [0.15, 0.2) is 9.34 Å². The van der Waals surface area contributed by atoms with E-state index in [0.29, 0.717) is 5.69 Å². The van der Waals surface area contributed by atoms with Crippen LogP contribution < -0.4 is 10.5 Å². The minimum absolute atomic E-state index is 0.136. The summed E-state index contributed by atoms with van der Waals surface area (Å²) in [5.41, 5.74) is 5.87. The van der Waals surface area contributed by atoms with E-state index in [1.165, 1.54) is 0 Å². The highest BCUT2D eigenvalue weighted by Gasteiger charge is 2.21. The zero-order valence-corrected chi connectivity index (χ0v) is 9.87. The fraction of sp³-hybridized carbons (Fsp3) is 0.571. The van der Waals surface area contributed by atoms with Gasteiger partial charge in [0.2, 0.25) is 0 Å². The number of nitrogens with two attached hydrogens (primary N) is 1. The van der Waals surface area contributed by atoms with Crippen LogP contribution >= 0.6 is 11.3 Å². The van der Waals surface area contributed by atoms with Crippen molar-refractivity contribution in [2.45, 2.75) is 31.0 Å². The van der Waals surface area contributed by atoms with Gasteiger partial charge in [-0.15, -0.1) is 0 Å². The highest BCUT2D eigenvalue weighted by molar-refractivity contribution is 7.91. The van der Waals surface area contributed by atoms with Crippen molar-refractivity contribution in [3.05, 3.63) is 5.69 Å². The summed E-state index contributed by atoms with van der Waals surface area (Å²) in [6, 6.07) is -0.136. The van der Waals surface area contributed by atoms with Crippen LogP contribution in [0.1, 0.15) is 19.5 Å². The lowest BCUT2D eigenvalue weighted by molar-refractivity contribution is 0.571. The van der Waals surface area contributed by atoms with Gasteiger partial charge in [-0.25, -0.2) is 18.1 Å². The number of rotatable bonds is 3. The molecule has 0 fully saturated rings. The third-order valence-corrected chi connectivity index (χ3v) is 4.66. The van der Waals surface area contributed by atoms with E-state index in [0.717, 1.165) is 11.3 Å². The minimum atomic E-state index is -3.44. The zero-order chi connectivity index (χ0) is 10.9. The third kappa shape index (κ3) is 2.43. The van der Waals surface area contributed by atoms with Gasteiger partial charge < -0.3 is 5.73 Å². The SMILES string of the molecule is Cc1nc(N)sc1S(=O)(=O)NC(C)C. The standard InChI is InChI=1S/C7H13N3O2S2/c1-4(2)10-14(11,12)6-5(3)9-7(8)13-6/h4,10H,1-3H3,(H2,8,9). The van der Waals surface area contributed by atoms with E-state index in [2.05, 4.69) is 9.71 Å². The molecule has 0 atom stereocenters. The second kappa shape index (κ2) is 3.84. The van der Waals surface area contributed by atoms with Gasteiger partial charge in [-0.3, -0.25) is 0 Å². The van der Waals surface area contributed by atoms with Gasteiger partial charge in [0.25, 0.3) is 10.0 Å². The first-order valence-electron chi connectivity index (χ1n) is 4.08. The molecule has 0 aliphatic carbocycles. The second-order valence-corrected chi connectivity index (χ2v) is 6.14. The number of hydrogen-bond acceptors (Lipinski definition) is 5. The molecule has 0 aromatic carbocycles. The van der Waals surface area contributed by atoms with Crippen molar-refractivity contribution < 1.29 is 8.42 Å². The first-order chi connectivity index (χ1) is 6.33. The van der Waals surface area contributed by atoms with Gasteiger partial charge in [0.1, 0.15) is 0 Å². The molecule has 0 aliphatic rings. The van der Waals surface area contributed by atoms with E-state index >= 15 is 0 Å². The molecule has 80 valence electrons. The van der Waals surface area contributed by atoms with E-state index < -0.39 is 10.0 Å². The topological polar surface area (TPSA) is 85.1 Å². The predicted molar refractivity (Wildman–Crippen MR) is 56.7 cm³/mol. The number of thiazole rings is 1. The van der Waals surface area contributed by atoms with Crippen molar-refractivity contribution in [3.8, 4) is 0 Å². The summed E-state index contributed by atoms with van der Waals surface area (Å²) in [7, 11) is -3.44. The lowest BCUT2D eigenvalue weighted by Gasteiger charge is -2.07. The minimum Gasteiger partial charge on any atom is -0.375 e. The summed E-state index contributed by atoms with van der Waals surface area (Å²) >= 11 is 0.979. The number of aromatic nitrogens is 1. The number of anilines is 1. The molecule has 0 amide bonds. The fourth-order valence-electron chi connectivity index (χ4n) is 1.02. The third-order valence-electron chi connectivity index (χ3n) is 1.41. The van der Waals surface area contributed by atoms with Crippen LogP contribution in [-0.2, 0) is 10.0 Å². The molecule has 0 radical (unpaired) electrons. The number of nitrogens with zero attached hydrogens (tertiary/aromatic N) is 1. The van der Waals surface area contributed by atoms with Gasteiger partial charge in [-0.05, 0) is 20.8 Å². The fourth-order valence-corrected chi connectivity index (χ4v) is 3.58. The molecular weight excluding hydrogens is 222 g/mol. The molecule has 0 aliphatic heterocycles. The van der Waals surface area contributed by atoms with Crippen molar-refractivity contribution in [3.63, 3.8) is 0 Å². The summed E-state index contributed by atoms with van der Waals surface area (Å²) in [5.74, 6) is 0. The highest BCUT2D eigenvalue weighted by Crippen LogP contribution is 2.24. The number of sulfonamides is 1. The first kappa shape index (κ1) is 11.4. The van der Waals surface area contributed by atoms with Crippen molar-refractivity contribution in [1.29, 1.82) is 0 Å². The smallest absolute Gasteiger partial charge is 0.252 e. The van der Waals surface area contributed by atoms with Gasteiger partial charge in [-0.2, -0.15) is 0 Å². The van der Waals surface area contributed by atoms with E-state index in [1.807, 2.05) is 0 Å². The van der Waals surface area contributed by atoms with Crippen LogP contribution in [0, 0.1) is 6.92 Å². The monoisotopic (exact) mass is 235 g/mol. The van der Waals surface area contributed by atoms with Crippen LogP contribution in [0.2, 0.25) is 0 Å². The first-order valence-corrected chi connectivity index (χ1v) is 6.38. The quantitative estimate of drug-likeness (QED) is 0.808. The lowest BCUT2D eigenvalue weighted by atomic mass is 10.4. The number of nitrogen functional groups attached to an aromatic ring is 1. The molecule has 5 nitrogen and oxygen atoms in total. The lowest BCUT2D eigenvalue weighted by Crippen LogP contribution is -2.30. The normalized spacial score (nSPS) is 12.3. The number of aryl methyl sites for hydroxylation is 1. The Morgan fingerprint density at radius 3 is 2.43 bits per heavy atom. The molecule has 14 heavy (non-hydrogen) atoms. The Morgan fingerprint density at radius 2 is 2.07 bits per heavy atom. The van der Waals surface area contributed by atoms with Crippen LogP contribution in [0.4, 0.5) is 5.13 Å². The molecule has 7 heteroatoms. The highest BCUT2D eigenvalue weighted by atomic mass is 32.2. The van der Waals surface area contributed by atoms with Crippen molar-refractivity contribution in [2.75, 3.05) is 5.73 Å². The van der Waals surface area contributed by atoms with Gasteiger partial charge >= 0.3 is 0 Å². The maximum atomic E-state index is 11.7. The summed E-state index contributed by atoms with van der Waals surface area (Å²) in [6.45, 7) is 5.15. The molecule has 1 aromatic heterocycles. The van der Waals surface area contributed by atoms with E-state index in [9.17, 15) is 8.42 Å². The average molecular weight is 235 g/mol. The average Bonchev–Trinajstić information content (AvgIpc) is 2.27. The summed E-state index contributed by atoms with van der Waals surface area (Å²) in [4.78, 5) is 3.86. The van der Waals surface area contributed by atoms with Crippen molar-refractivity contribution in [1.82, 2.24) is 9.71 Å². The Morgan fingerprint density at radius 1 is 1.50 bits per heavy atom. The predicted octanol–water partition coefficient (Wildman–Crippen LogP) is 0.720. The Labute approximate surface area is 87.4 Å². The Bertz CT molecular complexity index is 422. The van der Waals surface area contributed by atoms with Crippen LogP contribution in [0.25, 0.3) is 0 Å². The summed E-state index contributed by atoms with van der Waals surface area (Å²) in [5, 5.41) is 0.270. The van der Waals surface area contributed by atoms with Crippen molar-refractivity contribution >= 4 is 26.5 Å². The van der Waals surface area contributed by atoms with E-state index in [4.69, 9.17) is 5.73 Å². The molecule has 1 heterocycles. The molecule has 0 saturated heterocycles. The van der Waals surface area contributed by atoms with Gasteiger partial charge in [0.05, 0.1) is 5.69 Å². The molecule has 1 rings (SSSR count). The van der Waals surface area contributed by atoms with Crippen LogP contribution in [0.15, 0.2) is 4.21 Å². The summed E-state index contributed by atoms with van der Waals surface area (Å²) in [6.07, 6.45) is 0. The Kier molecular flexibility index (Phi) is 3.13. The largest absolute Gasteiger partial charge is 0.375 e. The summed E-state index contributed by atoms with van der Waals surface area (Å²) < 4.78 is 26.0. The van der Waals surface area contributed by atoms with Crippen LogP contribution in [0.5, 0.6) is 0 Å². The van der Waals surface area contributed by atoms with Gasteiger partial charge in [0, 0.05) is 6.04 Å². The van der Waals surface area contributed by atoms with Crippen LogP contribution in [0.3, 0.4) is 0 Å². The van der Waals surface area contributed by atoms with E-state index in [-0.39, 0.29) is 15.4 Å². The zero-order valence-electron chi connectivity index (χ0n) is 8.23. The number of nitrogens with one attached hydrogen (secondary N) is 1. The number of hydrogen-bond donors (Lipinski definition) is 2. The maximum Gasteiger partial charge on any atom is 0.252 e. The molecule has 0 spiro atoms. The Hall–Kier alpha value is -0.660. The maximum absolute atomic E-state index is 11.7. The van der Waals surface area contributed by atoms with Crippen molar-refractivity contribution in [2.24, 2.45) is 0 Å².